The molecule has 0 bridgehead atoms. The quantitative estimate of drug-likeness (QED) is 0.651. The molecule has 4 heteroatoms. The van der Waals surface area contributed by atoms with Gasteiger partial charge in [-0.25, -0.2) is 0 Å². The van der Waals surface area contributed by atoms with E-state index in [-0.39, 0.29) is 1.43 Å². The zero-order valence-corrected chi connectivity index (χ0v) is 13.6. The molecule has 118 valence electrons. The Balaban J connectivity index is 0. The molecule has 0 radical (unpaired) electrons. The Morgan fingerprint density at radius 3 is 2.21 bits per heavy atom. The molecule has 1 heterocycles. The van der Waals surface area contributed by atoms with Crippen molar-refractivity contribution in [2.75, 3.05) is 65.6 Å². The first-order valence-electron chi connectivity index (χ1n) is 8.10. The summed E-state index contributed by atoms with van der Waals surface area (Å²) in [5, 5.41) is 3.30. The van der Waals surface area contributed by atoms with Crippen molar-refractivity contribution in [2.45, 2.75) is 34.1 Å². The average molecular weight is 275 g/mol. The summed E-state index contributed by atoms with van der Waals surface area (Å²) in [4.78, 5) is 5.02. The van der Waals surface area contributed by atoms with E-state index in [9.17, 15) is 0 Å². The Bertz CT molecular complexity index is 177. The molecule has 1 N–H and O–H groups in total. The van der Waals surface area contributed by atoms with Crippen LogP contribution in [0.2, 0.25) is 0 Å². The largest absolute Gasteiger partial charge is 0.380 e. The van der Waals surface area contributed by atoms with Crippen molar-refractivity contribution in [1.82, 2.24) is 15.1 Å². The Morgan fingerprint density at radius 1 is 1.00 bits per heavy atom. The lowest BCUT2D eigenvalue weighted by Crippen LogP contribution is -2.47. The van der Waals surface area contributed by atoms with E-state index in [4.69, 9.17) is 4.74 Å². The Hall–Kier alpha value is -0.160. The Morgan fingerprint density at radius 2 is 1.63 bits per heavy atom. The van der Waals surface area contributed by atoms with Crippen molar-refractivity contribution in [1.29, 1.82) is 0 Å². The van der Waals surface area contributed by atoms with Gasteiger partial charge in [0.25, 0.3) is 0 Å². The second-order valence-corrected chi connectivity index (χ2v) is 4.60. The molecule has 4 nitrogen and oxygen atoms in total. The van der Waals surface area contributed by atoms with Crippen molar-refractivity contribution in [3.8, 4) is 0 Å². The highest BCUT2D eigenvalue weighted by molar-refractivity contribution is 4.70. The second-order valence-electron chi connectivity index (χ2n) is 4.60. The van der Waals surface area contributed by atoms with Gasteiger partial charge >= 0.3 is 0 Å². The second kappa shape index (κ2) is 14.3. The number of ether oxygens (including phenoxy) is 1. The monoisotopic (exact) mass is 275 g/mol. The van der Waals surface area contributed by atoms with Gasteiger partial charge in [0.05, 0.1) is 6.61 Å². The normalized spacial score (nSPS) is 17.1. The molecule has 1 aliphatic rings. The highest BCUT2D eigenvalue weighted by atomic mass is 16.5. The highest BCUT2D eigenvalue weighted by Crippen LogP contribution is 2.00. The molecule has 1 rings (SSSR count). The summed E-state index contributed by atoms with van der Waals surface area (Å²) in [6.07, 6.45) is 1.12. The zero-order chi connectivity index (χ0) is 14.3. The molecular formula is C15H37N3O. The molecule has 0 saturated carbocycles. The number of hydrogen-bond acceptors (Lipinski definition) is 4. The lowest BCUT2D eigenvalue weighted by atomic mass is 10.3. The third-order valence-corrected chi connectivity index (χ3v) is 3.36. The fourth-order valence-corrected chi connectivity index (χ4v) is 2.10. The minimum atomic E-state index is 0. The maximum atomic E-state index is 5.64. The highest BCUT2D eigenvalue weighted by Gasteiger charge is 2.14. The van der Waals surface area contributed by atoms with Gasteiger partial charge in [-0.15, -0.1) is 0 Å². The van der Waals surface area contributed by atoms with E-state index < -0.39 is 0 Å². The van der Waals surface area contributed by atoms with Crippen LogP contribution in [0.4, 0.5) is 0 Å². The maximum Gasteiger partial charge on any atom is 0.0593 e. The van der Waals surface area contributed by atoms with Gasteiger partial charge in [0, 0.05) is 40.8 Å². The third-order valence-electron chi connectivity index (χ3n) is 3.36. The van der Waals surface area contributed by atoms with E-state index in [0.717, 1.165) is 39.3 Å². The standard InChI is InChI=1S/C13H29N3O.C2H6.H2/c1-3-14-6-5-12-17-13-11-16-9-7-15(4-2)8-10-16;1-2;/h14H,3-13H2,1-2H3;1-2H3;1H. The first-order valence-corrected chi connectivity index (χ1v) is 8.10. The molecular weight excluding hydrogens is 238 g/mol. The lowest BCUT2D eigenvalue weighted by molar-refractivity contribution is 0.0761. The molecule has 1 saturated heterocycles. The summed E-state index contributed by atoms with van der Waals surface area (Å²) in [5.74, 6) is 0. The van der Waals surface area contributed by atoms with Crippen LogP contribution in [0, 0.1) is 0 Å². The van der Waals surface area contributed by atoms with Gasteiger partial charge in [0.2, 0.25) is 0 Å². The number of piperazine rings is 1. The van der Waals surface area contributed by atoms with Crippen molar-refractivity contribution in [3.05, 3.63) is 0 Å². The van der Waals surface area contributed by atoms with Gasteiger partial charge in [-0.05, 0) is 26.1 Å². The van der Waals surface area contributed by atoms with Crippen LogP contribution in [-0.2, 0) is 4.74 Å². The SMILES string of the molecule is CC.CCNCCCOCCN1CCN(CC)CC1.[HH]. The molecule has 0 aromatic rings. The number of nitrogens with one attached hydrogen (secondary N) is 1. The maximum absolute atomic E-state index is 5.64. The Labute approximate surface area is 122 Å². The van der Waals surface area contributed by atoms with E-state index in [1.54, 1.807) is 0 Å². The summed E-state index contributed by atoms with van der Waals surface area (Å²) < 4.78 is 5.64. The lowest BCUT2D eigenvalue weighted by Gasteiger charge is -2.33. The van der Waals surface area contributed by atoms with E-state index in [0.29, 0.717) is 0 Å². The van der Waals surface area contributed by atoms with Crippen molar-refractivity contribution >= 4 is 0 Å². The molecule has 0 aliphatic carbocycles. The fourth-order valence-electron chi connectivity index (χ4n) is 2.10. The summed E-state index contributed by atoms with van der Waals surface area (Å²) in [7, 11) is 0. The van der Waals surface area contributed by atoms with Crippen LogP contribution < -0.4 is 5.32 Å². The first kappa shape index (κ1) is 18.8. The van der Waals surface area contributed by atoms with E-state index in [1.807, 2.05) is 13.8 Å². The number of hydrogen-bond donors (Lipinski definition) is 1. The molecule has 19 heavy (non-hydrogen) atoms. The van der Waals surface area contributed by atoms with Crippen LogP contribution in [-0.4, -0.2) is 75.4 Å². The molecule has 1 aliphatic heterocycles. The van der Waals surface area contributed by atoms with Gasteiger partial charge in [0.1, 0.15) is 0 Å². The molecule has 0 atom stereocenters. The molecule has 0 spiro atoms. The molecule has 1 fully saturated rings. The van der Waals surface area contributed by atoms with Gasteiger partial charge in [-0.1, -0.05) is 27.7 Å². The van der Waals surface area contributed by atoms with Crippen LogP contribution >= 0.6 is 0 Å². The number of likely N-dealkylation sites (N-methyl/N-ethyl adjacent to an activating group) is 1. The van der Waals surface area contributed by atoms with Gasteiger partial charge < -0.3 is 15.0 Å². The van der Waals surface area contributed by atoms with Crippen molar-refractivity contribution in [2.24, 2.45) is 0 Å². The minimum Gasteiger partial charge on any atom is -0.380 e. The first-order chi connectivity index (χ1) is 9.36. The number of nitrogens with zero attached hydrogens (tertiary/aromatic N) is 2. The fraction of sp³-hybridized carbons (Fsp3) is 1.00. The van der Waals surface area contributed by atoms with Crippen LogP contribution in [0.25, 0.3) is 0 Å². The van der Waals surface area contributed by atoms with E-state index >= 15 is 0 Å². The van der Waals surface area contributed by atoms with Crippen molar-refractivity contribution < 1.29 is 6.16 Å². The van der Waals surface area contributed by atoms with Gasteiger partial charge in [-0.3, -0.25) is 4.90 Å². The van der Waals surface area contributed by atoms with Gasteiger partial charge in [-0.2, -0.15) is 0 Å². The Kier molecular flexibility index (Phi) is 14.1. The van der Waals surface area contributed by atoms with Crippen molar-refractivity contribution in [3.63, 3.8) is 0 Å². The predicted molar refractivity (Wildman–Crippen MR) is 86.0 cm³/mol. The molecule has 0 aromatic carbocycles. The summed E-state index contributed by atoms with van der Waals surface area (Å²) in [6.45, 7) is 19.4. The van der Waals surface area contributed by atoms with Crippen LogP contribution in [0.5, 0.6) is 0 Å². The van der Waals surface area contributed by atoms with Crippen LogP contribution in [0.15, 0.2) is 0 Å². The summed E-state index contributed by atoms with van der Waals surface area (Å²) in [5.41, 5.74) is 0. The zero-order valence-electron chi connectivity index (χ0n) is 13.6. The molecule has 0 amide bonds. The number of rotatable bonds is 9. The predicted octanol–water partition coefficient (Wildman–Crippen LogP) is 1.91. The smallest absolute Gasteiger partial charge is 0.0593 e. The third kappa shape index (κ3) is 10.3. The van der Waals surface area contributed by atoms with E-state index in [2.05, 4.69) is 29.0 Å². The molecule has 0 unspecified atom stereocenters. The average Bonchev–Trinajstić information content (AvgIpc) is 2.49. The minimum absolute atomic E-state index is 0. The molecule has 0 aromatic heterocycles. The van der Waals surface area contributed by atoms with Gasteiger partial charge in [0.15, 0.2) is 0 Å². The van der Waals surface area contributed by atoms with Crippen LogP contribution in [0.3, 0.4) is 0 Å². The van der Waals surface area contributed by atoms with Crippen LogP contribution in [0.1, 0.15) is 35.5 Å². The summed E-state index contributed by atoms with van der Waals surface area (Å²) in [6, 6.07) is 0. The van der Waals surface area contributed by atoms with E-state index in [1.165, 1.54) is 32.7 Å². The summed E-state index contributed by atoms with van der Waals surface area (Å²) >= 11 is 0. The topological polar surface area (TPSA) is 27.7 Å².